The molecule has 28 heavy (non-hydrogen) atoms. The molecule has 0 unspecified atom stereocenters. The lowest BCUT2D eigenvalue weighted by atomic mass is 10.1. The third kappa shape index (κ3) is 5.19. The summed E-state index contributed by atoms with van der Waals surface area (Å²) in [4.78, 5) is 28.6. The summed E-state index contributed by atoms with van der Waals surface area (Å²) in [6, 6.07) is 17.7. The van der Waals surface area contributed by atoms with E-state index < -0.39 is 5.97 Å². The summed E-state index contributed by atoms with van der Waals surface area (Å²) < 4.78 is 6.93. The van der Waals surface area contributed by atoms with Gasteiger partial charge in [-0.15, -0.1) is 0 Å². The van der Waals surface area contributed by atoms with Crippen molar-refractivity contribution in [3.8, 4) is 0 Å². The number of nitrogens with zero attached hydrogens (tertiary/aromatic N) is 2. The normalized spacial score (nSPS) is 11.9. The van der Waals surface area contributed by atoms with Gasteiger partial charge in [0.1, 0.15) is 12.4 Å². The standard InChI is InChI=1S/C22H25N3O3/c1-16(12-13-18-8-4-3-5-9-18)23-21(26)15-28-22(27)14-25-17(2)24-19-10-6-7-11-20(19)25/h3-11,16H,12-15H2,1-2H3,(H,23,26)/t16-/m0/s1. The SMILES string of the molecule is Cc1nc2ccccc2n1CC(=O)OCC(=O)N[C@@H](C)CCc1ccccc1. The average Bonchev–Trinajstić information content (AvgIpc) is 3.01. The van der Waals surface area contributed by atoms with Gasteiger partial charge in [0.05, 0.1) is 11.0 Å². The zero-order valence-corrected chi connectivity index (χ0v) is 16.2. The van der Waals surface area contributed by atoms with Gasteiger partial charge in [0.25, 0.3) is 5.91 Å². The summed E-state index contributed by atoms with van der Waals surface area (Å²) >= 11 is 0. The van der Waals surface area contributed by atoms with Gasteiger partial charge in [-0.1, -0.05) is 42.5 Å². The van der Waals surface area contributed by atoms with E-state index in [1.165, 1.54) is 5.56 Å². The summed E-state index contributed by atoms with van der Waals surface area (Å²) in [6.07, 6.45) is 1.71. The highest BCUT2D eigenvalue weighted by atomic mass is 16.5. The lowest BCUT2D eigenvalue weighted by Gasteiger charge is -2.14. The smallest absolute Gasteiger partial charge is 0.326 e. The van der Waals surface area contributed by atoms with Crippen molar-refractivity contribution in [2.45, 2.75) is 39.3 Å². The molecule has 1 atom stereocenters. The topological polar surface area (TPSA) is 73.2 Å². The number of fused-ring (bicyclic) bond motifs is 1. The van der Waals surface area contributed by atoms with E-state index in [-0.39, 0.29) is 25.1 Å². The number of amides is 1. The second-order valence-corrected chi connectivity index (χ2v) is 6.89. The maximum Gasteiger partial charge on any atom is 0.326 e. The fourth-order valence-corrected chi connectivity index (χ4v) is 3.13. The molecule has 3 rings (SSSR count). The number of carbonyl (C=O) groups excluding carboxylic acids is 2. The van der Waals surface area contributed by atoms with Gasteiger partial charge >= 0.3 is 5.97 Å². The summed E-state index contributed by atoms with van der Waals surface area (Å²) in [5.74, 6) is -0.0170. The molecule has 146 valence electrons. The van der Waals surface area contributed by atoms with Crippen molar-refractivity contribution >= 4 is 22.9 Å². The molecule has 0 fully saturated rings. The van der Waals surface area contributed by atoms with E-state index in [0.717, 1.165) is 29.7 Å². The van der Waals surface area contributed by atoms with Crippen LogP contribution in [0, 0.1) is 6.92 Å². The van der Waals surface area contributed by atoms with Gasteiger partial charge in [-0.2, -0.15) is 0 Å². The van der Waals surface area contributed by atoms with Crippen LogP contribution in [-0.4, -0.2) is 34.1 Å². The monoisotopic (exact) mass is 379 g/mol. The Morgan fingerprint density at radius 3 is 2.61 bits per heavy atom. The molecule has 0 radical (unpaired) electrons. The van der Waals surface area contributed by atoms with Gasteiger partial charge in [0.15, 0.2) is 6.61 Å². The van der Waals surface area contributed by atoms with Gasteiger partial charge in [-0.25, -0.2) is 4.98 Å². The minimum Gasteiger partial charge on any atom is -0.454 e. The van der Waals surface area contributed by atoms with Crippen molar-refractivity contribution in [2.75, 3.05) is 6.61 Å². The Balaban J connectivity index is 1.43. The number of carbonyl (C=O) groups is 2. The molecule has 1 aromatic heterocycles. The molecular formula is C22H25N3O3. The van der Waals surface area contributed by atoms with Crippen LogP contribution in [-0.2, 0) is 27.3 Å². The van der Waals surface area contributed by atoms with Crippen LogP contribution in [0.2, 0.25) is 0 Å². The Bertz CT molecular complexity index is 950. The third-order valence-corrected chi connectivity index (χ3v) is 4.61. The van der Waals surface area contributed by atoms with Crippen LogP contribution in [0.15, 0.2) is 54.6 Å². The van der Waals surface area contributed by atoms with E-state index in [0.29, 0.717) is 0 Å². The molecule has 0 saturated heterocycles. The van der Waals surface area contributed by atoms with Gasteiger partial charge < -0.3 is 14.6 Å². The minimum absolute atomic E-state index is 0.00578. The largest absolute Gasteiger partial charge is 0.454 e. The van der Waals surface area contributed by atoms with E-state index in [1.807, 2.05) is 56.3 Å². The number of benzene rings is 2. The minimum atomic E-state index is -0.460. The first-order valence-electron chi connectivity index (χ1n) is 9.43. The molecular weight excluding hydrogens is 354 g/mol. The van der Waals surface area contributed by atoms with Gasteiger partial charge in [-0.3, -0.25) is 9.59 Å². The number of imidazole rings is 1. The predicted octanol–water partition coefficient (Wildman–Crippen LogP) is 3.03. The second-order valence-electron chi connectivity index (χ2n) is 6.89. The quantitative estimate of drug-likeness (QED) is 0.611. The Morgan fingerprint density at radius 1 is 1.11 bits per heavy atom. The van der Waals surface area contributed by atoms with Crippen molar-refractivity contribution in [3.63, 3.8) is 0 Å². The van der Waals surface area contributed by atoms with E-state index >= 15 is 0 Å². The molecule has 0 saturated carbocycles. The number of esters is 1. The van der Waals surface area contributed by atoms with Crippen molar-refractivity contribution in [1.29, 1.82) is 0 Å². The Hall–Kier alpha value is -3.15. The van der Waals surface area contributed by atoms with Gasteiger partial charge in [0, 0.05) is 6.04 Å². The maximum atomic E-state index is 12.2. The van der Waals surface area contributed by atoms with Crippen molar-refractivity contribution in [2.24, 2.45) is 0 Å². The highest BCUT2D eigenvalue weighted by molar-refractivity contribution is 5.82. The van der Waals surface area contributed by atoms with E-state index in [2.05, 4.69) is 22.4 Å². The van der Waals surface area contributed by atoms with Gasteiger partial charge in [-0.05, 0) is 44.4 Å². The summed E-state index contributed by atoms with van der Waals surface area (Å²) in [5, 5.41) is 2.87. The number of aryl methyl sites for hydroxylation is 2. The number of hydrogen-bond acceptors (Lipinski definition) is 4. The van der Waals surface area contributed by atoms with E-state index in [9.17, 15) is 9.59 Å². The summed E-state index contributed by atoms with van der Waals surface area (Å²) in [6.45, 7) is 3.54. The molecule has 2 aromatic carbocycles. The molecule has 0 aliphatic rings. The Labute approximate surface area is 164 Å². The Kier molecular flexibility index (Phi) is 6.42. The van der Waals surface area contributed by atoms with Crippen LogP contribution in [0.3, 0.4) is 0 Å². The van der Waals surface area contributed by atoms with Crippen LogP contribution in [0.4, 0.5) is 0 Å². The van der Waals surface area contributed by atoms with E-state index in [4.69, 9.17) is 4.74 Å². The molecule has 1 heterocycles. The maximum absolute atomic E-state index is 12.2. The van der Waals surface area contributed by atoms with E-state index in [1.54, 1.807) is 4.57 Å². The van der Waals surface area contributed by atoms with Crippen LogP contribution < -0.4 is 5.32 Å². The Morgan fingerprint density at radius 2 is 1.82 bits per heavy atom. The number of rotatable bonds is 8. The van der Waals surface area contributed by atoms with Crippen molar-refractivity contribution < 1.29 is 14.3 Å². The molecule has 1 N–H and O–H groups in total. The summed E-state index contributed by atoms with van der Waals surface area (Å²) in [5.41, 5.74) is 2.94. The number of aromatic nitrogens is 2. The molecule has 0 aliphatic heterocycles. The molecule has 1 amide bonds. The van der Waals surface area contributed by atoms with Crippen LogP contribution in [0.1, 0.15) is 24.7 Å². The lowest BCUT2D eigenvalue weighted by Crippen LogP contribution is -2.36. The number of nitrogens with one attached hydrogen (secondary N) is 1. The number of hydrogen-bond donors (Lipinski definition) is 1. The van der Waals surface area contributed by atoms with Crippen LogP contribution in [0.25, 0.3) is 11.0 Å². The average molecular weight is 379 g/mol. The summed E-state index contributed by atoms with van der Waals surface area (Å²) in [7, 11) is 0. The van der Waals surface area contributed by atoms with Crippen molar-refractivity contribution in [3.05, 3.63) is 66.0 Å². The molecule has 0 spiro atoms. The highest BCUT2D eigenvalue weighted by Gasteiger charge is 2.14. The zero-order valence-electron chi connectivity index (χ0n) is 16.2. The molecule has 6 heteroatoms. The lowest BCUT2D eigenvalue weighted by molar-refractivity contribution is -0.149. The number of para-hydroxylation sites is 2. The second kappa shape index (κ2) is 9.17. The first-order valence-corrected chi connectivity index (χ1v) is 9.43. The molecule has 6 nitrogen and oxygen atoms in total. The molecule has 0 aliphatic carbocycles. The number of ether oxygens (including phenoxy) is 1. The molecule has 3 aromatic rings. The van der Waals surface area contributed by atoms with Gasteiger partial charge in [0.2, 0.25) is 0 Å². The van der Waals surface area contributed by atoms with Crippen LogP contribution >= 0.6 is 0 Å². The fraction of sp³-hybridized carbons (Fsp3) is 0.318. The van der Waals surface area contributed by atoms with Crippen LogP contribution in [0.5, 0.6) is 0 Å². The molecule has 0 bridgehead atoms. The zero-order chi connectivity index (χ0) is 19.9. The fourth-order valence-electron chi connectivity index (χ4n) is 3.13. The van der Waals surface area contributed by atoms with Crippen molar-refractivity contribution in [1.82, 2.24) is 14.9 Å². The highest BCUT2D eigenvalue weighted by Crippen LogP contribution is 2.15. The predicted molar refractivity (Wildman–Crippen MR) is 108 cm³/mol. The first kappa shape index (κ1) is 19.6. The first-order chi connectivity index (χ1) is 13.5. The third-order valence-electron chi connectivity index (χ3n) is 4.61.